The molecule has 174 valence electrons. The zero-order chi connectivity index (χ0) is 24.2. The second-order valence-corrected chi connectivity index (χ2v) is 10.0. The van der Waals surface area contributed by atoms with Gasteiger partial charge >= 0.3 is 10.1 Å². The van der Waals surface area contributed by atoms with Crippen molar-refractivity contribution in [1.29, 1.82) is 0 Å². The average molecular weight is 490 g/mol. The summed E-state index contributed by atoms with van der Waals surface area (Å²) in [6.07, 6.45) is 0. The van der Waals surface area contributed by atoms with Crippen LogP contribution < -0.4 is 4.18 Å². The Hall–Kier alpha value is -2.90. The summed E-state index contributed by atoms with van der Waals surface area (Å²) < 4.78 is 44.3. The molecule has 3 aromatic carbocycles. The third-order valence-electron chi connectivity index (χ3n) is 4.86. The Labute approximate surface area is 198 Å². The van der Waals surface area contributed by atoms with Gasteiger partial charge in [0.05, 0.1) is 5.02 Å². The number of rotatable bonds is 8. The molecular formula is C25H25ClFNO4S. The van der Waals surface area contributed by atoms with Crippen molar-refractivity contribution in [3.8, 4) is 5.75 Å². The fourth-order valence-electron chi connectivity index (χ4n) is 3.44. The van der Waals surface area contributed by atoms with Crippen LogP contribution in [0.15, 0.2) is 71.6 Å². The van der Waals surface area contributed by atoms with E-state index in [-0.39, 0.29) is 39.6 Å². The van der Waals surface area contributed by atoms with Crippen LogP contribution in [0.4, 0.5) is 4.39 Å². The molecule has 0 bridgehead atoms. The first-order chi connectivity index (χ1) is 15.6. The standard InChI is InChI=1S/C25H25ClFNO4S/c1-17(2)15-28(25(29)20-7-5-8-21(27)14-20)16-19-10-12-22(13-11-19)32-33(30,31)24-18(3)6-4-9-23(24)26/h4-14,17H,15-16H2,1-3H3. The minimum atomic E-state index is -4.11. The maximum atomic E-state index is 13.6. The summed E-state index contributed by atoms with van der Waals surface area (Å²) in [7, 11) is -4.11. The predicted octanol–water partition coefficient (Wildman–Crippen LogP) is 5.85. The Morgan fingerprint density at radius 3 is 2.33 bits per heavy atom. The SMILES string of the molecule is Cc1cccc(Cl)c1S(=O)(=O)Oc1ccc(CN(CC(C)C)C(=O)c2cccc(F)c2)cc1. The van der Waals surface area contributed by atoms with E-state index >= 15 is 0 Å². The number of hydrogen-bond acceptors (Lipinski definition) is 4. The van der Waals surface area contributed by atoms with Crippen LogP contribution in [0, 0.1) is 18.7 Å². The molecular weight excluding hydrogens is 465 g/mol. The van der Waals surface area contributed by atoms with Crippen LogP contribution in [-0.4, -0.2) is 25.8 Å². The maximum Gasteiger partial charge on any atom is 0.340 e. The van der Waals surface area contributed by atoms with E-state index in [0.29, 0.717) is 12.1 Å². The third kappa shape index (κ3) is 6.33. The van der Waals surface area contributed by atoms with Crippen molar-refractivity contribution in [3.05, 3.63) is 94.3 Å². The molecule has 0 saturated heterocycles. The predicted molar refractivity (Wildman–Crippen MR) is 126 cm³/mol. The first-order valence-corrected chi connectivity index (χ1v) is 12.2. The monoisotopic (exact) mass is 489 g/mol. The number of carbonyl (C=O) groups is 1. The molecule has 0 aliphatic carbocycles. The van der Waals surface area contributed by atoms with E-state index in [4.69, 9.17) is 15.8 Å². The van der Waals surface area contributed by atoms with E-state index < -0.39 is 15.9 Å². The lowest BCUT2D eigenvalue weighted by Gasteiger charge is -2.25. The molecule has 0 unspecified atom stereocenters. The van der Waals surface area contributed by atoms with Crippen molar-refractivity contribution in [2.24, 2.45) is 5.92 Å². The minimum Gasteiger partial charge on any atom is -0.379 e. The van der Waals surface area contributed by atoms with Crippen LogP contribution >= 0.6 is 11.6 Å². The minimum absolute atomic E-state index is 0.0699. The normalized spacial score (nSPS) is 11.5. The Morgan fingerprint density at radius 1 is 1.06 bits per heavy atom. The van der Waals surface area contributed by atoms with Crippen molar-refractivity contribution in [3.63, 3.8) is 0 Å². The van der Waals surface area contributed by atoms with E-state index in [9.17, 15) is 17.6 Å². The van der Waals surface area contributed by atoms with Gasteiger partial charge in [-0.15, -0.1) is 0 Å². The quantitative estimate of drug-likeness (QED) is 0.372. The molecule has 8 heteroatoms. The molecule has 33 heavy (non-hydrogen) atoms. The van der Waals surface area contributed by atoms with Crippen molar-refractivity contribution in [2.75, 3.05) is 6.54 Å². The summed E-state index contributed by atoms with van der Waals surface area (Å²) in [5.41, 5.74) is 1.54. The van der Waals surface area contributed by atoms with Gasteiger partial charge in [0.15, 0.2) is 0 Å². The molecule has 0 atom stereocenters. The largest absolute Gasteiger partial charge is 0.379 e. The highest BCUT2D eigenvalue weighted by Gasteiger charge is 2.23. The molecule has 0 aliphatic rings. The van der Waals surface area contributed by atoms with Gasteiger partial charge in [-0.25, -0.2) is 4.39 Å². The first kappa shape index (κ1) is 24.7. The second kappa shape index (κ2) is 10.4. The number of carbonyl (C=O) groups excluding carboxylic acids is 1. The summed E-state index contributed by atoms with van der Waals surface area (Å²) in [5.74, 6) is -0.416. The summed E-state index contributed by atoms with van der Waals surface area (Å²) in [6.45, 7) is 6.39. The molecule has 0 fully saturated rings. The summed E-state index contributed by atoms with van der Waals surface area (Å²) in [4.78, 5) is 14.5. The molecule has 0 spiro atoms. The summed E-state index contributed by atoms with van der Waals surface area (Å²) in [6, 6.07) is 16.8. The molecule has 3 aromatic rings. The van der Waals surface area contributed by atoms with Gasteiger partial charge in [-0.05, 0) is 60.4 Å². The van der Waals surface area contributed by atoms with E-state index in [2.05, 4.69) is 0 Å². The molecule has 0 N–H and O–H groups in total. The number of nitrogens with zero attached hydrogens (tertiary/aromatic N) is 1. The topological polar surface area (TPSA) is 63.7 Å². The lowest BCUT2D eigenvalue weighted by Crippen LogP contribution is -2.33. The van der Waals surface area contributed by atoms with Crippen LogP contribution in [0.5, 0.6) is 5.75 Å². The average Bonchev–Trinajstić information content (AvgIpc) is 2.73. The van der Waals surface area contributed by atoms with Gasteiger partial charge in [-0.3, -0.25) is 4.79 Å². The van der Waals surface area contributed by atoms with Crippen molar-refractivity contribution >= 4 is 27.6 Å². The molecule has 5 nitrogen and oxygen atoms in total. The zero-order valence-corrected chi connectivity index (χ0v) is 20.2. The van der Waals surface area contributed by atoms with Crippen LogP contribution in [0.2, 0.25) is 5.02 Å². The molecule has 0 aromatic heterocycles. The number of halogens is 2. The van der Waals surface area contributed by atoms with E-state index in [1.54, 1.807) is 42.2 Å². The number of hydrogen-bond donors (Lipinski definition) is 0. The van der Waals surface area contributed by atoms with Crippen molar-refractivity contribution in [2.45, 2.75) is 32.2 Å². The second-order valence-electron chi connectivity index (χ2n) is 8.16. The molecule has 3 rings (SSSR count). The van der Waals surface area contributed by atoms with Crippen LogP contribution in [0.3, 0.4) is 0 Å². The Balaban J connectivity index is 1.78. The van der Waals surface area contributed by atoms with Gasteiger partial charge < -0.3 is 9.08 Å². The first-order valence-electron chi connectivity index (χ1n) is 10.4. The summed E-state index contributed by atoms with van der Waals surface area (Å²) in [5, 5.41) is 0.0896. The Bertz CT molecular complexity index is 1220. The summed E-state index contributed by atoms with van der Waals surface area (Å²) >= 11 is 6.07. The lowest BCUT2D eigenvalue weighted by atomic mass is 10.1. The van der Waals surface area contributed by atoms with Crippen molar-refractivity contribution < 1.29 is 21.8 Å². The molecule has 0 aliphatic heterocycles. The van der Waals surface area contributed by atoms with Gasteiger partial charge in [-0.2, -0.15) is 8.42 Å². The fraction of sp³-hybridized carbons (Fsp3) is 0.240. The Kier molecular flexibility index (Phi) is 7.76. The van der Waals surface area contributed by atoms with E-state index in [0.717, 1.165) is 5.56 Å². The van der Waals surface area contributed by atoms with Crippen LogP contribution in [0.25, 0.3) is 0 Å². The number of amides is 1. The van der Waals surface area contributed by atoms with Gasteiger partial charge in [-0.1, -0.05) is 55.8 Å². The lowest BCUT2D eigenvalue weighted by molar-refractivity contribution is 0.0722. The highest BCUT2D eigenvalue weighted by atomic mass is 35.5. The fourth-order valence-corrected chi connectivity index (χ4v) is 5.16. The van der Waals surface area contributed by atoms with Crippen LogP contribution in [0.1, 0.15) is 35.3 Å². The maximum absolute atomic E-state index is 13.6. The Morgan fingerprint density at radius 2 is 1.73 bits per heavy atom. The highest BCUT2D eigenvalue weighted by Crippen LogP contribution is 2.28. The zero-order valence-electron chi connectivity index (χ0n) is 18.6. The van der Waals surface area contributed by atoms with Crippen molar-refractivity contribution in [1.82, 2.24) is 4.90 Å². The van der Waals surface area contributed by atoms with Gasteiger partial charge in [0, 0.05) is 18.7 Å². The number of aryl methyl sites for hydroxylation is 1. The van der Waals surface area contributed by atoms with Gasteiger partial charge in [0.25, 0.3) is 5.91 Å². The van der Waals surface area contributed by atoms with Gasteiger partial charge in [0.1, 0.15) is 16.5 Å². The highest BCUT2D eigenvalue weighted by molar-refractivity contribution is 7.87. The van der Waals surface area contributed by atoms with E-state index in [1.165, 1.54) is 36.4 Å². The smallest absolute Gasteiger partial charge is 0.340 e. The number of benzene rings is 3. The molecule has 0 heterocycles. The third-order valence-corrected chi connectivity index (χ3v) is 6.74. The molecule has 1 amide bonds. The van der Waals surface area contributed by atoms with Gasteiger partial charge in [0.2, 0.25) is 0 Å². The van der Waals surface area contributed by atoms with E-state index in [1.807, 2.05) is 13.8 Å². The molecule has 0 saturated carbocycles. The van der Waals surface area contributed by atoms with Crippen LogP contribution in [-0.2, 0) is 16.7 Å². The molecule has 0 radical (unpaired) electrons.